The fourth-order valence-corrected chi connectivity index (χ4v) is 2.30. The van der Waals surface area contributed by atoms with Gasteiger partial charge in [-0.3, -0.25) is 4.98 Å². The van der Waals surface area contributed by atoms with Gasteiger partial charge in [0.1, 0.15) is 5.01 Å². The van der Waals surface area contributed by atoms with E-state index in [1.807, 2.05) is 11.4 Å². The van der Waals surface area contributed by atoms with E-state index in [0.717, 1.165) is 20.7 Å². The van der Waals surface area contributed by atoms with E-state index in [-0.39, 0.29) is 0 Å². The van der Waals surface area contributed by atoms with Crippen molar-refractivity contribution in [1.29, 1.82) is 5.26 Å². The van der Waals surface area contributed by atoms with Crippen molar-refractivity contribution in [3.05, 3.63) is 34.0 Å². The standard InChI is InChI=1S/C10H6BrN3S/c11-8-3-7(4-13-5-8)10-14-9(1-2-12)6-15-10/h3-6H,1H2. The lowest BCUT2D eigenvalue weighted by molar-refractivity contribution is 1.15. The van der Waals surface area contributed by atoms with Crippen LogP contribution in [0, 0.1) is 11.3 Å². The summed E-state index contributed by atoms with van der Waals surface area (Å²) in [5.74, 6) is 0. The van der Waals surface area contributed by atoms with Crippen LogP contribution in [0.15, 0.2) is 28.3 Å². The molecule has 0 bridgehead atoms. The summed E-state index contributed by atoms with van der Waals surface area (Å²) >= 11 is 4.89. The van der Waals surface area contributed by atoms with E-state index >= 15 is 0 Å². The summed E-state index contributed by atoms with van der Waals surface area (Å²) in [5, 5.41) is 11.3. The Kier molecular flexibility index (Phi) is 3.09. The Morgan fingerprint density at radius 3 is 3.07 bits per heavy atom. The average Bonchev–Trinajstić information content (AvgIpc) is 2.67. The molecule has 0 aliphatic rings. The number of nitrogens with zero attached hydrogens (tertiary/aromatic N) is 3. The van der Waals surface area contributed by atoms with Crippen LogP contribution in [0.4, 0.5) is 0 Å². The molecule has 0 aromatic carbocycles. The molecule has 15 heavy (non-hydrogen) atoms. The van der Waals surface area contributed by atoms with Gasteiger partial charge in [0.2, 0.25) is 0 Å². The van der Waals surface area contributed by atoms with Crippen LogP contribution in [0.3, 0.4) is 0 Å². The van der Waals surface area contributed by atoms with E-state index in [1.165, 1.54) is 11.3 Å². The lowest BCUT2D eigenvalue weighted by Gasteiger charge is -1.95. The molecule has 74 valence electrons. The van der Waals surface area contributed by atoms with Crippen molar-refractivity contribution in [1.82, 2.24) is 9.97 Å². The first-order valence-corrected chi connectivity index (χ1v) is 5.89. The molecule has 0 spiro atoms. The maximum atomic E-state index is 8.54. The summed E-state index contributed by atoms with van der Waals surface area (Å²) in [6.07, 6.45) is 3.85. The van der Waals surface area contributed by atoms with Crippen LogP contribution >= 0.6 is 27.3 Å². The molecule has 0 unspecified atom stereocenters. The Labute approximate surface area is 99.6 Å². The molecule has 5 heteroatoms. The SMILES string of the molecule is N#CCc1csc(-c2cncc(Br)c2)n1. The predicted molar refractivity (Wildman–Crippen MR) is 62.4 cm³/mol. The Morgan fingerprint density at radius 1 is 1.47 bits per heavy atom. The minimum absolute atomic E-state index is 0.359. The molecule has 2 aromatic heterocycles. The lowest BCUT2D eigenvalue weighted by Crippen LogP contribution is -1.82. The van der Waals surface area contributed by atoms with Gasteiger partial charge in [0.05, 0.1) is 18.2 Å². The number of hydrogen-bond acceptors (Lipinski definition) is 4. The molecule has 0 saturated heterocycles. The summed E-state index contributed by atoms with van der Waals surface area (Å²) in [4.78, 5) is 8.42. The second-order valence-electron chi connectivity index (χ2n) is 2.87. The summed E-state index contributed by atoms with van der Waals surface area (Å²) < 4.78 is 0.928. The zero-order valence-corrected chi connectivity index (χ0v) is 10.0. The van der Waals surface area contributed by atoms with Gasteiger partial charge in [-0.2, -0.15) is 5.26 Å². The minimum atomic E-state index is 0.359. The second kappa shape index (κ2) is 4.51. The molecule has 0 saturated carbocycles. The van der Waals surface area contributed by atoms with E-state index in [2.05, 4.69) is 32.0 Å². The molecule has 0 N–H and O–H groups in total. The quantitative estimate of drug-likeness (QED) is 0.849. The van der Waals surface area contributed by atoms with Crippen LogP contribution in [-0.2, 0) is 6.42 Å². The summed E-state index contributed by atoms with van der Waals surface area (Å²) in [6, 6.07) is 4.04. The minimum Gasteiger partial charge on any atom is -0.263 e. The molecule has 0 aliphatic carbocycles. The number of thiazole rings is 1. The van der Waals surface area contributed by atoms with Crippen LogP contribution in [0.2, 0.25) is 0 Å². The fourth-order valence-electron chi connectivity index (χ4n) is 1.13. The van der Waals surface area contributed by atoms with E-state index in [0.29, 0.717) is 6.42 Å². The number of nitriles is 1. The van der Waals surface area contributed by atoms with Crippen molar-refractivity contribution in [3.8, 4) is 16.6 Å². The van der Waals surface area contributed by atoms with Gasteiger partial charge < -0.3 is 0 Å². The van der Waals surface area contributed by atoms with Gasteiger partial charge in [-0.1, -0.05) is 0 Å². The van der Waals surface area contributed by atoms with Gasteiger partial charge in [0.15, 0.2) is 0 Å². The number of hydrogen-bond donors (Lipinski definition) is 0. The second-order valence-corrected chi connectivity index (χ2v) is 4.64. The predicted octanol–water partition coefficient (Wildman–Crippen LogP) is 3.03. The molecule has 0 atom stereocenters. The summed E-state index contributed by atoms with van der Waals surface area (Å²) in [6.45, 7) is 0. The normalized spacial score (nSPS) is 9.87. The number of rotatable bonds is 2. The van der Waals surface area contributed by atoms with Crippen LogP contribution in [-0.4, -0.2) is 9.97 Å². The van der Waals surface area contributed by atoms with Crippen molar-refractivity contribution in [2.45, 2.75) is 6.42 Å². The van der Waals surface area contributed by atoms with Gasteiger partial charge in [0, 0.05) is 27.8 Å². The highest BCUT2D eigenvalue weighted by Crippen LogP contribution is 2.25. The van der Waals surface area contributed by atoms with Crippen molar-refractivity contribution in [2.75, 3.05) is 0 Å². The van der Waals surface area contributed by atoms with E-state index < -0.39 is 0 Å². The van der Waals surface area contributed by atoms with Crippen molar-refractivity contribution in [2.24, 2.45) is 0 Å². The van der Waals surface area contributed by atoms with E-state index in [1.54, 1.807) is 12.4 Å². The van der Waals surface area contributed by atoms with E-state index in [9.17, 15) is 0 Å². The molecular weight excluding hydrogens is 274 g/mol. The van der Waals surface area contributed by atoms with Crippen LogP contribution in [0.1, 0.15) is 5.69 Å². The molecule has 2 aromatic rings. The van der Waals surface area contributed by atoms with Gasteiger partial charge in [-0.25, -0.2) is 4.98 Å². The number of halogens is 1. The highest BCUT2D eigenvalue weighted by Gasteiger charge is 2.04. The first-order valence-electron chi connectivity index (χ1n) is 4.22. The largest absolute Gasteiger partial charge is 0.263 e. The zero-order chi connectivity index (χ0) is 10.7. The average molecular weight is 280 g/mol. The molecule has 3 nitrogen and oxygen atoms in total. The number of pyridine rings is 1. The van der Waals surface area contributed by atoms with Crippen molar-refractivity contribution < 1.29 is 0 Å². The zero-order valence-electron chi connectivity index (χ0n) is 7.64. The molecule has 0 radical (unpaired) electrons. The van der Waals surface area contributed by atoms with Crippen LogP contribution < -0.4 is 0 Å². The molecule has 0 fully saturated rings. The Morgan fingerprint density at radius 2 is 2.33 bits per heavy atom. The third-order valence-corrected chi connectivity index (χ3v) is 3.14. The van der Waals surface area contributed by atoms with Crippen LogP contribution in [0.25, 0.3) is 10.6 Å². The third kappa shape index (κ3) is 2.41. The fraction of sp³-hybridized carbons (Fsp3) is 0.100. The molecule has 0 amide bonds. The van der Waals surface area contributed by atoms with Gasteiger partial charge >= 0.3 is 0 Å². The Hall–Kier alpha value is -1.25. The van der Waals surface area contributed by atoms with Crippen LogP contribution in [0.5, 0.6) is 0 Å². The van der Waals surface area contributed by atoms with Gasteiger partial charge in [-0.15, -0.1) is 11.3 Å². The Bertz CT molecular complexity index is 515. The first-order chi connectivity index (χ1) is 7.29. The number of aromatic nitrogens is 2. The van der Waals surface area contributed by atoms with Gasteiger partial charge in [0.25, 0.3) is 0 Å². The molecule has 2 rings (SSSR count). The topological polar surface area (TPSA) is 49.6 Å². The van der Waals surface area contributed by atoms with Crippen molar-refractivity contribution in [3.63, 3.8) is 0 Å². The molecule has 2 heterocycles. The third-order valence-electron chi connectivity index (χ3n) is 1.76. The highest BCUT2D eigenvalue weighted by molar-refractivity contribution is 9.10. The Balaban J connectivity index is 2.34. The molecule has 0 aliphatic heterocycles. The monoisotopic (exact) mass is 279 g/mol. The first kappa shape index (κ1) is 10.3. The highest BCUT2D eigenvalue weighted by atomic mass is 79.9. The maximum absolute atomic E-state index is 8.54. The summed E-state index contributed by atoms with van der Waals surface area (Å²) in [7, 11) is 0. The van der Waals surface area contributed by atoms with E-state index in [4.69, 9.17) is 5.26 Å². The van der Waals surface area contributed by atoms with Crippen molar-refractivity contribution >= 4 is 27.3 Å². The molecular formula is C10H6BrN3S. The summed E-state index contributed by atoms with van der Waals surface area (Å²) in [5.41, 5.74) is 1.79. The lowest BCUT2D eigenvalue weighted by atomic mass is 10.3. The maximum Gasteiger partial charge on any atom is 0.125 e. The van der Waals surface area contributed by atoms with Gasteiger partial charge in [-0.05, 0) is 22.0 Å². The smallest absolute Gasteiger partial charge is 0.125 e.